The maximum Gasteiger partial charge on any atom is 0.487 e. The molecule has 0 radical (unpaired) electrons. The lowest BCUT2D eigenvalue weighted by Gasteiger charge is -2.35. The van der Waals surface area contributed by atoms with Gasteiger partial charge in [0.25, 0.3) is 5.91 Å². The van der Waals surface area contributed by atoms with Crippen LogP contribution in [-0.4, -0.2) is 85.1 Å². The van der Waals surface area contributed by atoms with Crippen molar-refractivity contribution in [2.45, 2.75) is 37.9 Å². The summed E-state index contributed by atoms with van der Waals surface area (Å²) in [4.78, 5) is 31.2. The minimum absolute atomic E-state index is 0.0330. The average molecular weight is 606 g/mol. The number of fused-ring (bicyclic) bond motifs is 1. The quantitative estimate of drug-likeness (QED) is 0.271. The Bertz CT molecular complexity index is 1360. The van der Waals surface area contributed by atoms with Gasteiger partial charge in [-0.25, -0.2) is 0 Å². The second-order valence-electron chi connectivity index (χ2n) is 10.1. The largest absolute Gasteiger partial charge is 0.487 e. The van der Waals surface area contributed by atoms with Crippen LogP contribution >= 0.6 is 11.6 Å². The number of methoxy groups -OCH3 is 2. The monoisotopic (exact) mass is 605 g/mol. The van der Waals surface area contributed by atoms with E-state index in [9.17, 15) is 18.4 Å². The first kappa shape index (κ1) is 31.2. The number of H-pyrrole nitrogens is 1. The van der Waals surface area contributed by atoms with Crippen LogP contribution in [-0.2, 0) is 20.7 Å². The normalized spacial score (nSPS) is 14.7. The number of rotatable bonds is 13. The molecule has 0 bridgehead atoms. The van der Waals surface area contributed by atoms with Gasteiger partial charge >= 0.3 is 5.57 Å². The molecule has 4 rings (SSSR count). The molecule has 2 amide bonds. The summed E-state index contributed by atoms with van der Waals surface area (Å²) in [6, 6.07) is 10.2. The van der Waals surface area contributed by atoms with E-state index in [2.05, 4.69) is 25.2 Å². The fraction of sp³-hybridized carbons (Fsp3) is 0.414. The number of nitrogens with zero attached hydrogens (tertiary/aromatic N) is 3. The van der Waals surface area contributed by atoms with E-state index >= 15 is 0 Å². The predicted molar refractivity (Wildman–Crippen MR) is 155 cm³/mol. The molecule has 0 spiro atoms. The molecule has 42 heavy (non-hydrogen) atoms. The molecule has 1 aromatic heterocycles. The molecule has 13 heteroatoms. The number of hydrogen-bond acceptors (Lipinski definition) is 7. The van der Waals surface area contributed by atoms with Crippen molar-refractivity contribution in [1.82, 2.24) is 15.1 Å². The zero-order valence-electron chi connectivity index (χ0n) is 23.8. The SMILES string of the molecule is COCCN(CCOC)C(=O)C1Cc2cc(C(=O)Nc3ccc(OC(F)(F)Cl)cc3)cc(-c3ccn[nH]3)c2N1C(C)C. The molecule has 0 aliphatic carbocycles. The van der Waals surface area contributed by atoms with Crippen LogP contribution in [0.4, 0.5) is 20.2 Å². The first-order valence-electron chi connectivity index (χ1n) is 13.4. The molecule has 1 aliphatic heterocycles. The summed E-state index contributed by atoms with van der Waals surface area (Å²) in [6.45, 7) is 5.67. The molecule has 0 fully saturated rings. The highest BCUT2D eigenvalue weighted by atomic mass is 35.5. The fourth-order valence-electron chi connectivity index (χ4n) is 5.07. The van der Waals surface area contributed by atoms with Gasteiger partial charge in [0.05, 0.1) is 24.6 Å². The number of anilines is 2. The van der Waals surface area contributed by atoms with Crippen LogP contribution in [0.1, 0.15) is 29.8 Å². The third kappa shape index (κ3) is 7.36. The lowest BCUT2D eigenvalue weighted by atomic mass is 9.99. The third-order valence-electron chi connectivity index (χ3n) is 6.88. The highest BCUT2D eigenvalue weighted by Gasteiger charge is 2.40. The summed E-state index contributed by atoms with van der Waals surface area (Å²) in [5, 5.41) is 9.87. The molecule has 226 valence electrons. The van der Waals surface area contributed by atoms with Gasteiger partial charge in [0, 0.05) is 74.4 Å². The van der Waals surface area contributed by atoms with Crippen molar-refractivity contribution in [3.05, 3.63) is 59.8 Å². The van der Waals surface area contributed by atoms with Gasteiger partial charge in [-0.1, -0.05) is 0 Å². The first-order valence-corrected chi connectivity index (χ1v) is 13.8. The number of hydrogen-bond donors (Lipinski definition) is 2. The van der Waals surface area contributed by atoms with E-state index in [0.717, 1.165) is 16.8 Å². The maximum absolute atomic E-state index is 13.9. The molecule has 0 saturated heterocycles. The summed E-state index contributed by atoms with van der Waals surface area (Å²) in [5.74, 6) is -0.621. The number of nitrogens with one attached hydrogen (secondary N) is 2. The van der Waals surface area contributed by atoms with E-state index in [-0.39, 0.29) is 17.7 Å². The number of carbonyl (C=O) groups is 2. The highest BCUT2D eigenvalue weighted by Crippen LogP contribution is 2.43. The lowest BCUT2D eigenvalue weighted by molar-refractivity contribution is -0.133. The van der Waals surface area contributed by atoms with E-state index in [0.29, 0.717) is 49.7 Å². The molecule has 2 aromatic carbocycles. The zero-order valence-corrected chi connectivity index (χ0v) is 24.6. The Morgan fingerprint density at radius 1 is 1.14 bits per heavy atom. The molecular weight excluding hydrogens is 572 g/mol. The standard InChI is InChI=1S/C29H34ClF2N5O5/c1-18(2)37-25(28(39)36(11-13-40-3)12-14-41-4)17-19-15-20(16-23(26(19)37)24-9-10-33-35-24)27(38)34-21-5-7-22(8-6-21)42-29(30,31)32/h5-10,15-16,18,25H,11-14,17H2,1-4H3,(H,33,35)(H,34,38). The summed E-state index contributed by atoms with van der Waals surface area (Å²) < 4.78 is 40.7. The number of ether oxygens (including phenoxy) is 3. The molecule has 1 unspecified atom stereocenters. The Morgan fingerprint density at radius 2 is 1.81 bits per heavy atom. The van der Waals surface area contributed by atoms with Crippen LogP contribution in [0.2, 0.25) is 0 Å². The summed E-state index contributed by atoms with van der Waals surface area (Å²) in [6.07, 6.45) is 2.01. The van der Waals surface area contributed by atoms with Crippen molar-refractivity contribution in [1.29, 1.82) is 0 Å². The summed E-state index contributed by atoms with van der Waals surface area (Å²) in [7, 11) is 3.18. The Kier molecular flexibility index (Phi) is 10.0. The van der Waals surface area contributed by atoms with E-state index in [1.54, 1.807) is 43.5 Å². The van der Waals surface area contributed by atoms with E-state index in [4.69, 9.17) is 21.1 Å². The zero-order chi connectivity index (χ0) is 30.4. The third-order valence-corrected chi connectivity index (χ3v) is 6.96. The number of halogens is 3. The van der Waals surface area contributed by atoms with Crippen LogP contribution in [0.5, 0.6) is 5.75 Å². The smallest absolute Gasteiger partial charge is 0.420 e. The fourth-order valence-corrected chi connectivity index (χ4v) is 5.16. The Labute approximate surface area is 247 Å². The molecule has 3 aromatic rings. The van der Waals surface area contributed by atoms with Crippen LogP contribution in [0, 0.1) is 0 Å². The lowest BCUT2D eigenvalue weighted by Crippen LogP contribution is -2.51. The number of benzene rings is 2. The second kappa shape index (κ2) is 13.5. The number of carbonyl (C=O) groups excluding carboxylic acids is 2. The van der Waals surface area contributed by atoms with E-state index < -0.39 is 17.5 Å². The Hall–Kier alpha value is -3.74. The van der Waals surface area contributed by atoms with Gasteiger partial charge in [0.15, 0.2) is 0 Å². The van der Waals surface area contributed by atoms with Gasteiger partial charge in [-0.05, 0) is 61.9 Å². The topological polar surface area (TPSA) is 109 Å². The van der Waals surface area contributed by atoms with Crippen LogP contribution in [0.25, 0.3) is 11.3 Å². The molecule has 0 saturated carbocycles. The van der Waals surface area contributed by atoms with E-state index in [1.807, 2.05) is 13.8 Å². The van der Waals surface area contributed by atoms with Gasteiger partial charge in [-0.15, -0.1) is 8.78 Å². The molecule has 1 atom stereocenters. The van der Waals surface area contributed by atoms with Gasteiger partial charge in [0.1, 0.15) is 11.8 Å². The van der Waals surface area contributed by atoms with Crippen molar-refractivity contribution in [2.24, 2.45) is 0 Å². The molecule has 2 N–H and O–H groups in total. The molecular formula is C29H34ClF2N5O5. The summed E-state index contributed by atoms with van der Waals surface area (Å²) in [5.41, 5.74) is 0.00524. The van der Waals surface area contributed by atoms with Gasteiger partial charge in [0.2, 0.25) is 5.91 Å². The number of aromatic nitrogens is 2. The van der Waals surface area contributed by atoms with E-state index in [1.165, 1.54) is 24.3 Å². The predicted octanol–water partition coefficient (Wildman–Crippen LogP) is 4.76. The highest BCUT2D eigenvalue weighted by molar-refractivity contribution is 6.20. The number of amides is 2. The molecule has 1 aliphatic rings. The number of alkyl halides is 3. The van der Waals surface area contributed by atoms with Crippen LogP contribution < -0.4 is 15.0 Å². The Balaban J connectivity index is 1.67. The first-order chi connectivity index (χ1) is 20.0. The number of aromatic amines is 1. The van der Waals surface area contributed by atoms with Gasteiger partial charge < -0.3 is 29.3 Å². The maximum atomic E-state index is 13.9. The minimum atomic E-state index is -3.84. The second-order valence-corrected chi connectivity index (χ2v) is 10.5. The van der Waals surface area contributed by atoms with Crippen molar-refractivity contribution in [2.75, 3.05) is 50.7 Å². The molecule has 10 nitrogen and oxygen atoms in total. The van der Waals surface area contributed by atoms with Gasteiger partial charge in [-0.3, -0.25) is 14.7 Å². The van der Waals surface area contributed by atoms with Crippen molar-refractivity contribution >= 4 is 34.8 Å². The van der Waals surface area contributed by atoms with Crippen molar-refractivity contribution in [3.63, 3.8) is 0 Å². The van der Waals surface area contributed by atoms with Gasteiger partial charge in [-0.2, -0.15) is 5.10 Å². The van der Waals surface area contributed by atoms with Crippen molar-refractivity contribution < 1.29 is 32.6 Å². The Morgan fingerprint density at radius 3 is 2.36 bits per heavy atom. The minimum Gasteiger partial charge on any atom is -0.420 e. The van der Waals surface area contributed by atoms with Crippen molar-refractivity contribution in [3.8, 4) is 17.0 Å². The van der Waals surface area contributed by atoms with Crippen LogP contribution in [0.15, 0.2) is 48.7 Å². The van der Waals surface area contributed by atoms with Crippen LogP contribution in [0.3, 0.4) is 0 Å². The summed E-state index contributed by atoms with van der Waals surface area (Å²) >= 11 is 4.83. The average Bonchev–Trinajstić information content (AvgIpc) is 3.61. The molecule has 2 heterocycles.